The number of alkyl halides is 3. The van der Waals surface area contributed by atoms with Crippen LogP contribution in [0.1, 0.15) is 57.7 Å². The number of ether oxygens (including phenoxy) is 1. The Balaban J connectivity index is 1.51. The number of nitrogens with zero attached hydrogens (tertiary/aromatic N) is 3. The summed E-state index contributed by atoms with van der Waals surface area (Å²) in [6.45, 7) is 7.35. The van der Waals surface area contributed by atoms with Gasteiger partial charge in [-0.2, -0.15) is 18.3 Å². The first-order valence-corrected chi connectivity index (χ1v) is 12.3. The lowest BCUT2D eigenvalue weighted by Gasteiger charge is -2.52. The molecule has 1 amide bonds. The van der Waals surface area contributed by atoms with E-state index in [1.165, 1.54) is 17.4 Å². The molecule has 0 aromatic carbocycles. The predicted molar refractivity (Wildman–Crippen MR) is 132 cm³/mol. The lowest BCUT2D eigenvalue weighted by Crippen LogP contribution is -2.50. The van der Waals surface area contributed by atoms with E-state index in [9.17, 15) is 18.0 Å². The lowest BCUT2D eigenvalue weighted by atomic mass is 9.60. The van der Waals surface area contributed by atoms with Crippen LogP contribution in [0.4, 0.5) is 23.8 Å². The second kappa shape index (κ2) is 9.85. The predicted octanol–water partition coefficient (Wildman–Crippen LogP) is 4.60. The maximum Gasteiger partial charge on any atom is 0.408 e. The third kappa shape index (κ3) is 6.44. The van der Waals surface area contributed by atoms with Gasteiger partial charge in [-0.05, 0) is 90.1 Å². The molecule has 4 rings (SSSR count). The van der Waals surface area contributed by atoms with E-state index < -0.39 is 24.3 Å². The summed E-state index contributed by atoms with van der Waals surface area (Å²) in [7, 11) is 2.15. The molecule has 2 aromatic rings. The lowest BCUT2D eigenvalue weighted by molar-refractivity contribution is -0.127. The van der Waals surface area contributed by atoms with E-state index in [0.717, 1.165) is 25.9 Å². The first-order chi connectivity index (χ1) is 16.8. The average molecular weight is 506 g/mol. The maximum absolute atomic E-state index is 13.4. The summed E-state index contributed by atoms with van der Waals surface area (Å²) in [6.07, 6.45) is -1.72. The Labute approximate surface area is 209 Å². The van der Waals surface area contributed by atoms with Crippen LogP contribution in [0.2, 0.25) is 0 Å². The zero-order chi connectivity index (χ0) is 26.1. The summed E-state index contributed by atoms with van der Waals surface area (Å²) < 4.78 is 46.9. The largest absolute Gasteiger partial charge is 0.444 e. The van der Waals surface area contributed by atoms with Crippen LogP contribution in [0.25, 0.3) is 5.52 Å². The van der Waals surface area contributed by atoms with Crippen molar-refractivity contribution in [2.75, 3.05) is 32.0 Å². The second-order valence-corrected chi connectivity index (χ2v) is 11.0. The molecule has 0 bridgehead atoms. The molecule has 2 aliphatic rings. The molecule has 7 nitrogen and oxygen atoms in total. The number of alkyl carbamates (subject to hydrolysis) is 1. The van der Waals surface area contributed by atoms with Gasteiger partial charge >= 0.3 is 12.3 Å². The molecule has 1 aliphatic carbocycles. The van der Waals surface area contributed by atoms with E-state index in [2.05, 4.69) is 39.5 Å². The van der Waals surface area contributed by atoms with Crippen LogP contribution in [-0.2, 0) is 11.2 Å². The Kier molecular flexibility index (Phi) is 7.15. The highest BCUT2D eigenvalue weighted by Gasteiger charge is 2.45. The number of hydrogen-bond acceptors (Lipinski definition) is 5. The fourth-order valence-corrected chi connectivity index (χ4v) is 5.06. The molecule has 196 valence electrons. The number of piperidine rings is 1. The number of pyridine rings is 1. The van der Waals surface area contributed by atoms with Gasteiger partial charge in [0.1, 0.15) is 17.1 Å². The van der Waals surface area contributed by atoms with Crippen LogP contribution in [0, 0.1) is 17.3 Å². The van der Waals surface area contributed by atoms with Gasteiger partial charge in [0, 0.05) is 11.6 Å². The molecule has 1 saturated heterocycles. The van der Waals surface area contributed by atoms with Crippen LogP contribution >= 0.6 is 0 Å². The molecule has 0 atom stereocenters. The van der Waals surface area contributed by atoms with Gasteiger partial charge in [0.25, 0.3) is 0 Å². The maximum atomic E-state index is 13.4. The Morgan fingerprint density at radius 2 is 1.92 bits per heavy atom. The number of carbonyl (C=O) groups is 1. The third-order valence-corrected chi connectivity index (χ3v) is 6.82. The molecular formula is C26H34F3N5O2. The summed E-state index contributed by atoms with van der Waals surface area (Å²) in [5, 5.41) is 10.4. The summed E-state index contributed by atoms with van der Waals surface area (Å²) in [4.78, 5) is 14.1. The van der Waals surface area contributed by atoms with E-state index in [4.69, 9.17) is 4.74 Å². The van der Waals surface area contributed by atoms with Crippen LogP contribution in [-0.4, -0.2) is 65.1 Å². The number of anilines is 1. The van der Waals surface area contributed by atoms with E-state index in [1.807, 2.05) is 6.07 Å². The highest BCUT2D eigenvalue weighted by Crippen LogP contribution is 2.49. The molecule has 36 heavy (non-hydrogen) atoms. The highest BCUT2D eigenvalue weighted by atomic mass is 19.4. The number of hydrogen-bond donors (Lipinski definition) is 2. The minimum Gasteiger partial charge on any atom is -0.444 e. The minimum atomic E-state index is -4.41. The van der Waals surface area contributed by atoms with Crippen molar-refractivity contribution < 1.29 is 22.7 Å². The van der Waals surface area contributed by atoms with E-state index in [0.29, 0.717) is 16.7 Å². The highest BCUT2D eigenvalue weighted by molar-refractivity contribution is 5.68. The van der Waals surface area contributed by atoms with Gasteiger partial charge in [-0.15, -0.1) is 0 Å². The third-order valence-electron chi connectivity index (χ3n) is 6.82. The van der Waals surface area contributed by atoms with Gasteiger partial charge in [0.2, 0.25) is 0 Å². The van der Waals surface area contributed by atoms with Crippen molar-refractivity contribution in [3.8, 4) is 11.8 Å². The minimum absolute atomic E-state index is 0.0244. The van der Waals surface area contributed by atoms with E-state index in [1.54, 1.807) is 32.9 Å². The van der Waals surface area contributed by atoms with Crippen molar-refractivity contribution in [3.63, 3.8) is 0 Å². The van der Waals surface area contributed by atoms with Crippen LogP contribution in [0.15, 0.2) is 18.2 Å². The van der Waals surface area contributed by atoms with E-state index in [-0.39, 0.29) is 23.8 Å². The smallest absolute Gasteiger partial charge is 0.408 e. The molecule has 3 heterocycles. The van der Waals surface area contributed by atoms with Crippen molar-refractivity contribution in [1.82, 2.24) is 19.8 Å². The fraction of sp³-hybridized carbons (Fsp3) is 0.615. The topological polar surface area (TPSA) is 70.9 Å². The number of likely N-dealkylation sites (tertiary alicyclic amines) is 1. The molecule has 1 spiro atoms. The summed E-state index contributed by atoms with van der Waals surface area (Å²) >= 11 is 0. The Morgan fingerprint density at radius 1 is 1.22 bits per heavy atom. The Bertz CT molecular complexity index is 1160. The zero-order valence-corrected chi connectivity index (χ0v) is 21.3. The molecule has 2 fully saturated rings. The number of nitrogens with one attached hydrogen (secondary N) is 2. The second-order valence-electron chi connectivity index (χ2n) is 11.0. The van der Waals surface area contributed by atoms with Gasteiger partial charge in [-0.3, -0.25) is 0 Å². The molecule has 2 aromatic heterocycles. The van der Waals surface area contributed by atoms with Gasteiger partial charge in [0.15, 0.2) is 0 Å². The Hall–Kier alpha value is -2.93. The van der Waals surface area contributed by atoms with Crippen LogP contribution < -0.4 is 10.6 Å². The SMILES string of the molecule is CN1CCC2(CC1)CC(Nc1cccc3c(CC(F)(F)F)c(C#CCNC(=O)OC(C)(C)C)nn13)C2. The Morgan fingerprint density at radius 3 is 2.56 bits per heavy atom. The molecule has 1 saturated carbocycles. The first kappa shape index (κ1) is 26.1. The summed E-state index contributed by atoms with van der Waals surface area (Å²) in [5.74, 6) is 6.08. The van der Waals surface area contributed by atoms with Gasteiger partial charge < -0.3 is 20.3 Å². The van der Waals surface area contributed by atoms with Gasteiger partial charge in [-0.25, -0.2) is 9.31 Å². The number of aromatic nitrogens is 2. The number of fused-ring (bicyclic) bond motifs is 1. The number of rotatable bonds is 4. The quantitative estimate of drug-likeness (QED) is 0.595. The molecule has 0 unspecified atom stereocenters. The first-order valence-electron chi connectivity index (χ1n) is 12.3. The van der Waals surface area contributed by atoms with Crippen molar-refractivity contribution in [1.29, 1.82) is 0 Å². The molecule has 2 N–H and O–H groups in total. The number of carbonyl (C=O) groups excluding carboxylic acids is 1. The van der Waals surface area contributed by atoms with Crippen molar-refractivity contribution >= 4 is 17.4 Å². The number of amides is 1. The van der Waals surface area contributed by atoms with E-state index >= 15 is 0 Å². The number of halogens is 3. The molecule has 1 aliphatic heterocycles. The van der Waals surface area contributed by atoms with Crippen LogP contribution in [0.5, 0.6) is 0 Å². The molecule has 10 heteroatoms. The average Bonchev–Trinajstić information content (AvgIpc) is 3.07. The molecule has 0 radical (unpaired) electrons. The summed E-state index contributed by atoms with van der Waals surface area (Å²) in [5.41, 5.74) is 0.163. The van der Waals surface area contributed by atoms with Gasteiger partial charge in [0.05, 0.1) is 18.5 Å². The molecular weight excluding hydrogens is 471 g/mol. The monoisotopic (exact) mass is 505 g/mol. The van der Waals surface area contributed by atoms with Crippen molar-refractivity contribution in [3.05, 3.63) is 29.5 Å². The van der Waals surface area contributed by atoms with Crippen LogP contribution in [0.3, 0.4) is 0 Å². The van der Waals surface area contributed by atoms with Crippen molar-refractivity contribution in [2.45, 2.75) is 70.7 Å². The normalized spacial score (nSPS) is 18.4. The summed E-state index contributed by atoms with van der Waals surface area (Å²) in [6, 6.07) is 5.47. The zero-order valence-electron chi connectivity index (χ0n) is 21.3. The fourth-order valence-electron chi connectivity index (χ4n) is 5.06. The van der Waals surface area contributed by atoms with Crippen molar-refractivity contribution in [2.24, 2.45) is 5.41 Å². The van der Waals surface area contributed by atoms with Gasteiger partial charge in [-0.1, -0.05) is 12.0 Å². The standard InChI is InChI=1S/C26H34F3N5O2/c1-24(2,3)36-23(35)30-12-6-7-20-19(17-26(27,28)29)21-8-5-9-22(34(21)32-20)31-18-15-25(16-18)10-13-33(4)14-11-25/h5,8-9,18,31H,10-17H2,1-4H3,(H,30,35).